The van der Waals surface area contributed by atoms with Crippen LogP contribution in [0.15, 0.2) is 46.4 Å². The molecule has 0 spiro atoms. The predicted octanol–water partition coefficient (Wildman–Crippen LogP) is 5.56. The van der Waals surface area contributed by atoms with Crippen molar-refractivity contribution < 1.29 is 4.42 Å². The maximum Gasteiger partial charge on any atom is 0.236 e. The first-order chi connectivity index (χ1) is 10.6. The van der Waals surface area contributed by atoms with Crippen molar-refractivity contribution in [1.29, 1.82) is 0 Å². The summed E-state index contributed by atoms with van der Waals surface area (Å²) in [5.41, 5.74) is 1.87. The van der Waals surface area contributed by atoms with Gasteiger partial charge in [0.25, 0.3) is 0 Å². The Kier molecular flexibility index (Phi) is 4.84. The Morgan fingerprint density at radius 3 is 2.91 bits per heavy atom. The fourth-order valence-electron chi connectivity index (χ4n) is 2.12. The van der Waals surface area contributed by atoms with E-state index in [1.54, 1.807) is 23.7 Å². The summed E-state index contributed by atoms with van der Waals surface area (Å²) >= 11 is 13.7. The fraction of sp³-hybridized carbons (Fsp3) is 0.188. The third-order valence-corrected chi connectivity index (χ3v) is 4.72. The average molecular weight is 353 g/mol. The Labute approximate surface area is 142 Å². The molecule has 1 atom stereocenters. The van der Waals surface area contributed by atoms with Gasteiger partial charge < -0.3 is 9.73 Å². The van der Waals surface area contributed by atoms with E-state index in [4.69, 9.17) is 27.6 Å². The molecule has 0 radical (unpaired) electrons. The zero-order valence-electron chi connectivity index (χ0n) is 11.8. The van der Waals surface area contributed by atoms with Crippen LogP contribution in [0.3, 0.4) is 0 Å². The van der Waals surface area contributed by atoms with Crippen molar-refractivity contribution in [3.63, 3.8) is 0 Å². The number of nitrogens with zero attached hydrogens (tertiary/aromatic N) is 1. The number of aromatic nitrogens is 1. The minimum absolute atomic E-state index is 0.0895. The minimum Gasteiger partial charge on any atom is -0.444 e. The van der Waals surface area contributed by atoms with Crippen LogP contribution in [-0.4, -0.2) is 4.98 Å². The van der Waals surface area contributed by atoms with Gasteiger partial charge in [-0.25, -0.2) is 4.98 Å². The monoisotopic (exact) mass is 352 g/mol. The van der Waals surface area contributed by atoms with E-state index in [-0.39, 0.29) is 6.04 Å². The summed E-state index contributed by atoms with van der Waals surface area (Å²) in [5, 5.41) is 6.69. The number of nitrogens with one attached hydrogen (secondary N) is 1. The lowest BCUT2D eigenvalue weighted by atomic mass is 10.1. The lowest BCUT2D eigenvalue weighted by molar-refractivity contribution is 0.554. The first kappa shape index (κ1) is 15.6. The summed E-state index contributed by atoms with van der Waals surface area (Å²) in [7, 11) is 0. The van der Waals surface area contributed by atoms with E-state index < -0.39 is 0 Å². The van der Waals surface area contributed by atoms with Gasteiger partial charge in [-0.2, -0.15) is 0 Å². The molecule has 0 amide bonds. The van der Waals surface area contributed by atoms with Crippen LogP contribution in [0.1, 0.15) is 24.2 Å². The zero-order valence-corrected chi connectivity index (χ0v) is 14.2. The number of hydrogen-bond donors (Lipinski definition) is 1. The van der Waals surface area contributed by atoms with Crippen LogP contribution in [0.4, 0.5) is 0 Å². The first-order valence-corrected chi connectivity index (χ1v) is 8.43. The summed E-state index contributed by atoms with van der Waals surface area (Å²) in [6.45, 7) is 2.66. The molecule has 1 unspecified atom stereocenters. The molecule has 0 bridgehead atoms. The summed E-state index contributed by atoms with van der Waals surface area (Å²) in [6, 6.07) is 9.58. The van der Waals surface area contributed by atoms with Gasteiger partial charge in [0, 0.05) is 22.6 Å². The van der Waals surface area contributed by atoms with E-state index in [9.17, 15) is 0 Å². The highest BCUT2D eigenvalue weighted by molar-refractivity contribution is 7.13. The number of rotatable bonds is 5. The molecular formula is C16H14Cl2N2OS. The lowest BCUT2D eigenvalue weighted by Gasteiger charge is -2.15. The molecule has 114 valence electrons. The second-order valence-corrected chi connectivity index (χ2v) is 6.68. The van der Waals surface area contributed by atoms with Crippen molar-refractivity contribution in [2.24, 2.45) is 0 Å². The number of thiophene rings is 1. The molecule has 0 fully saturated rings. The second-order valence-electron chi connectivity index (χ2n) is 4.89. The molecule has 1 N–H and O–H groups in total. The van der Waals surface area contributed by atoms with Crippen LogP contribution in [0.2, 0.25) is 10.0 Å². The summed E-state index contributed by atoms with van der Waals surface area (Å²) in [4.78, 5) is 5.51. The van der Waals surface area contributed by atoms with Crippen LogP contribution in [-0.2, 0) is 6.54 Å². The molecule has 1 aromatic carbocycles. The van der Waals surface area contributed by atoms with Gasteiger partial charge in [-0.1, -0.05) is 35.3 Å². The van der Waals surface area contributed by atoms with E-state index in [0.717, 1.165) is 16.1 Å². The molecule has 3 nitrogen and oxygen atoms in total. The number of benzene rings is 1. The van der Waals surface area contributed by atoms with Crippen molar-refractivity contribution in [3.8, 4) is 10.8 Å². The van der Waals surface area contributed by atoms with E-state index in [1.807, 2.05) is 29.6 Å². The zero-order chi connectivity index (χ0) is 15.5. The maximum absolute atomic E-state index is 6.22. The highest BCUT2D eigenvalue weighted by atomic mass is 35.5. The Balaban J connectivity index is 1.65. The van der Waals surface area contributed by atoms with E-state index in [1.165, 1.54) is 0 Å². The van der Waals surface area contributed by atoms with Gasteiger partial charge in [-0.05, 0) is 36.1 Å². The quantitative estimate of drug-likeness (QED) is 0.652. The molecule has 0 saturated heterocycles. The van der Waals surface area contributed by atoms with Crippen molar-refractivity contribution in [1.82, 2.24) is 10.3 Å². The van der Waals surface area contributed by atoms with Crippen molar-refractivity contribution in [3.05, 3.63) is 63.3 Å². The topological polar surface area (TPSA) is 38.1 Å². The van der Waals surface area contributed by atoms with Gasteiger partial charge in [-0.3, -0.25) is 0 Å². The Morgan fingerprint density at radius 1 is 1.32 bits per heavy atom. The van der Waals surface area contributed by atoms with Crippen LogP contribution in [0.5, 0.6) is 0 Å². The highest BCUT2D eigenvalue weighted by Gasteiger charge is 2.12. The smallest absolute Gasteiger partial charge is 0.236 e. The summed E-state index contributed by atoms with van der Waals surface area (Å²) in [6.07, 6.45) is 1.68. The summed E-state index contributed by atoms with van der Waals surface area (Å²) < 4.78 is 5.50. The molecule has 3 aromatic rings. The van der Waals surface area contributed by atoms with E-state index >= 15 is 0 Å². The highest BCUT2D eigenvalue weighted by Crippen LogP contribution is 2.27. The van der Waals surface area contributed by atoms with Crippen LogP contribution in [0, 0.1) is 0 Å². The molecule has 0 aliphatic rings. The Morgan fingerprint density at radius 2 is 2.18 bits per heavy atom. The maximum atomic E-state index is 6.22. The SMILES string of the molecule is CC(NCc1coc(-c2cccs2)n1)c1ccc(Cl)cc1Cl. The normalized spacial score (nSPS) is 12.5. The number of oxazole rings is 1. The largest absolute Gasteiger partial charge is 0.444 e. The standard InChI is InChI=1S/C16H14Cl2N2OS/c1-10(13-5-4-11(17)7-14(13)18)19-8-12-9-21-16(20-12)15-3-2-6-22-15/h2-7,9-10,19H,8H2,1H3. The van der Waals surface area contributed by atoms with Crippen molar-refractivity contribution in [2.75, 3.05) is 0 Å². The van der Waals surface area contributed by atoms with Gasteiger partial charge >= 0.3 is 0 Å². The molecule has 0 aliphatic carbocycles. The van der Waals surface area contributed by atoms with Gasteiger partial charge in [0.05, 0.1) is 10.6 Å². The molecule has 0 aliphatic heterocycles. The fourth-order valence-corrected chi connectivity index (χ4v) is 3.35. The molecule has 22 heavy (non-hydrogen) atoms. The van der Waals surface area contributed by atoms with E-state index in [0.29, 0.717) is 22.5 Å². The molecular weight excluding hydrogens is 339 g/mol. The minimum atomic E-state index is 0.0895. The molecule has 3 rings (SSSR count). The van der Waals surface area contributed by atoms with Crippen LogP contribution < -0.4 is 5.32 Å². The van der Waals surface area contributed by atoms with Gasteiger partial charge in [0.15, 0.2) is 0 Å². The molecule has 2 heterocycles. The third kappa shape index (κ3) is 3.52. The molecule has 2 aromatic heterocycles. The van der Waals surface area contributed by atoms with Crippen molar-refractivity contribution in [2.45, 2.75) is 19.5 Å². The van der Waals surface area contributed by atoms with Gasteiger partial charge in [0.2, 0.25) is 5.89 Å². The van der Waals surface area contributed by atoms with Gasteiger partial charge in [0.1, 0.15) is 6.26 Å². The lowest BCUT2D eigenvalue weighted by Crippen LogP contribution is -2.18. The van der Waals surface area contributed by atoms with E-state index in [2.05, 4.69) is 17.2 Å². The number of hydrogen-bond acceptors (Lipinski definition) is 4. The van der Waals surface area contributed by atoms with Gasteiger partial charge in [-0.15, -0.1) is 11.3 Å². The predicted molar refractivity (Wildman–Crippen MR) is 91.5 cm³/mol. The van der Waals surface area contributed by atoms with Crippen molar-refractivity contribution >= 4 is 34.5 Å². The second kappa shape index (κ2) is 6.84. The average Bonchev–Trinajstić information content (AvgIpc) is 3.16. The Bertz CT molecular complexity index is 755. The molecule has 6 heteroatoms. The molecule has 0 saturated carbocycles. The third-order valence-electron chi connectivity index (χ3n) is 3.30. The summed E-state index contributed by atoms with van der Waals surface area (Å²) in [5.74, 6) is 0.656. The Hall–Kier alpha value is -1.33. The van der Waals surface area contributed by atoms with Crippen LogP contribution >= 0.6 is 34.5 Å². The number of halogens is 2. The van der Waals surface area contributed by atoms with Crippen LogP contribution in [0.25, 0.3) is 10.8 Å². The first-order valence-electron chi connectivity index (χ1n) is 6.80.